The standard InChI is InChI=1S/C6H8O3/c1-4-5(7)2-9-3-6(4)8/h7H,2-3H2,1H3. The predicted molar refractivity (Wildman–Crippen MR) is 31.2 cm³/mol. The molecule has 0 atom stereocenters. The van der Waals surface area contributed by atoms with Crippen LogP contribution in [-0.2, 0) is 9.53 Å². The van der Waals surface area contributed by atoms with Crippen LogP contribution in [0.4, 0.5) is 0 Å². The average Bonchev–Trinajstić information content (AvgIpc) is 1.83. The number of ether oxygens (including phenoxy) is 1. The molecule has 0 fully saturated rings. The van der Waals surface area contributed by atoms with Crippen molar-refractivity contribution in [3.63, 3.8) is 0 Å². The van der Waals surface area contributed by atoms with Crippen molar-refractivity contribution in [2.24, 2.45) is 0 Å². The van der Waals surface area contributed by atoms with Gasteiger partial charge in [0.05, 0.1) is 0 Å². The lowest BCUT2D eigenvalue weighted by Gasteiger charge is -2.11. The van der Waals surface area contributed by atoms with E-state index in [9.17, 15) is 4.79 Å². The van der Waals surface area contributed by atoms with Crippen LogP contribution in [0.5, 0.6) is 0 Å². The van der Waals surface area contributed by atoms with Crippen molar-refractivity contribution in [3.05, 3.63) is 11.3 Å². The van der Waals surface area contributed by atoms with E-state index >= 15 is 0 Å². The monoisotopic (exact) mass is 128 g/mol. The van der Waals surface area contributed by atoms with Crippen LogP contribution in [0.2, 0.25) is 0 Å². The van der Waals surface area contributed by atoms with Gasteiger partial charge < -0.3 is 9.84 Å². The minimum absolute atomic E-state index is 0.0613. The second-order valence-corrected chi connectivity index (χ2v) is 1.99. The number of aliphatic hydroxyl groups excluding tert-OH is 1. The molecule has 3 heteroatoms. The smallest absolute Gasteiger partial charge is 0.187 e. The van der Waals surface area contributed by atoms with Gasteiger partial charge in [0, 0.05) is 5.57 Å². The molecule has 1 aliphatic heterocycles. The van der Waals surface area contributed by atoms with Crippen molar-refractivity contribution in [3.8, 4) is 0 Å². The first-order valence-corrected chi connectivity index (χ1v) is 2.71. The molecule has 0 amide bonds. The van der Waals surface area contributed by atoms with Crippen LogP contribution in [0.1, 0.15) is 6.92 Å². The molecule has 1 rings (SSSR count). The lowest BCUT2D eigenvalue weighted by Crippen LogP contribution is -2.19. The summed E-state index contributed by atoms with van der Waals surface area (Å²) in [5, 5.41) is 8.88. The third-order valence-electron chi connectivity index (χ3n) is 1.32. The van der Waals surface area contributed by atoms with Gasteiger partial charge >= 0.3 is 0 Å². The van der Waals surface area contributed by atoms with Gasteiger partial charge in [0.1, 0.15) is 19.0 Å². The van der Waals surface area contributed by atoms with Gasteiger partial charge in [-0.05, 0) is 6.92 Å². The summed E-state index contributed by atoms with van der Waals surface area (Å²) in [5.74, 6) is -0.0648. The summed E-state index contributed by atoms with van der Waals surface area (Å²) in [6.07, 6.45) is 0. The fourth-order valence-electron chi connectivity index (χ4n) is 0.618. The van der Waals surface area contributed by atoms with Crippen LogP contribution < -0.4 is 0 Å². The van der Waals surface area contributed by atoms with E-state index in [1.807, 2.05) is 0 Å². The summed E-state index contributed by atoms with van der Waals surface area (Å²) >= 11 is 0. The highest BCUT2D eigenvalue weighted by atomic mass is 16.5. The van der Waals surface area contributed by atoms with Gasteiger partial charge in [-0.15, -0.1) is 0 Å². The van der Waals surface area contributed by atoms with Gasteiger partial charge in [-0.1, -0.05) is 0 Å². The normalized spacial score (nSPS) is 20.8. The maximum absolute atomic E-state index is 10.7. The molecule has 0 aliphatic carbocycles. The van der Waals surface area contributed by atoms with Gasteiger partial charge in [-0.2, -0.15) is 0 Å². The highest BCUT2D eigenvalue weighted by molar-refractivity contribution is 5.96. The highest BCUT2D eigenvalue weighted by Crippen LogP contribution is 2.07. The van der Waals surface area contributed by atoms with Gasteiger partial charge in [-0.25, -0.2) is 0 Å². The summed E-state index contributed by atoms with van der Waals surface area (Å²) in [7, 11) is 0. The molecule has 0 spiro atoms. The Morgan fingerprint density at radius 2 is 2.22 bits per heavy atom. The topological polar surface area (TPSA) is 46.5 Å². The Morgan fingerprint density at radius 1 is 1.56 bits per heavy atom. The number of aliphatic hydroxyl groups is 1. The van der Waals surface area contributed by atoms with E-state index in [0.29, 0.717) is 5.57 Å². The number of Topliss-reactive ketones (excluding diaryl/α,β-unsaturated/α-hetero) is 1. The average molecular weight is 128 g/mol. The van der Waals surface area contributed by atoms with Crippen LogP contribution >= 0.6 is 0 Å². The van der Waals surface area contributed by atoms with Gasteiger partial charge in [0.2, 0.25) is 0 Å². The van der Waals surface area contributed by atoms with Crippen molar-refractivity contribution in [1.82, 2.24) is 0 Å². The predicted octanol–water partition coefficient (Wildman–Crippen LogP) is 0.418. The summed E-state index contributed by atoms with van der Waals surface area (Å²) in [4.78, 5) is 10.7. The molecule has 0 saturated heterocycles. The van der Waals surface area contributed by atoms with Crippen LogP contribution in [0.3, 0.4) is 0 Å². The van der Waals surface area contributed by atoms with Crippen molar-refractivity contribution in [1.29, 1.82) is 0 Å². The van der Waals surface area contributed by atoms with Crippen molar-refractivity contribution >= 4 is 5.78 Å². The number of carbonyl (C=O) groups excluding carboxylic acids is 1. The zero-order valence-electron chi connectivity index (χ0n) is 5.18. The van der Waals surface area contributed by atoms with Crippen molar-refractivity contribution in [2.75, 3.05) is 13.2 Å². The maximum atomic E-state index is 10.7. The minimum atomic E-state index is -0.126. The third kappa shape index (κ3) is 1.10. The quantitative estimate of drug-likeness (QED) is 0.514. The van der Waals surface area contributed by atoms with E-state index in [0.717, 1.165) is 0 Å². The molecule has 1 N–H and O–H groups in total. The molecule has 0 bridgehead atoms. The Kier molecular flexibility index (Phi) is 1.53. The first kappa shape index (κ1) is 6.29. The van der Waals surface area contributed by atoms with E-state index in [2.05, 4.69) is 0 Å². The number of rotatable bonds is 0. The Morgan fingerprint density at radius 3 is 2.67 bits per heavy atom. The highest BCUT2D eigenvalue weighted by Gasteiger charge is 2.15. The minimum Gasteiger partial charge on any atom is -0.509 e. The first-order valence-electron chi connectivity index (χ1n) is 2.71. The molecular formula is C6H8O3. The molecule has 0 aromatic heterocycles. The molecule has 1 aliphatic rings. The maximum Gasteiger partial charge on any atom is 0.187 e. The fraction of sp³-hybridized carbons (Fsp3) is 0.500. The molecular weight excluding hydrogens is 120 g/mol. The van der Waals surface area contributed by atoms with Gasteiger partial charge in [0.25, 0.3) is 0 Å². The fourth-order valence-corrected chi connectivity index (χ4v) is 0.618. The lowest BCUT2D eigenvalue weighted by molar-refractivity contribution is -0.121. The summed E-state index contributed by atoms with van der Waals surface area (Å²) in [6, 6.07) is 0. The first-order chi connectivity index (χ1) is 4.22. The second-order valence-electron chi connectivity index (χ2n) is 1.99. The molecule has 0 saturated carbocycles. The zero-order chi connectivity index (χ0) is 6.85. The van der Waals surface area contributed by atoms with Gasteiger partial charge in [0.15, 0.2) is 5.78 Å². The molecule has 0 aromatic carbocycles. The molecule has 1 heterocycles. The van der Waals surface area contributed by atoms with Crippen LogP contribution in [0.25, 0.3) is 0 Å². The molecule has 3 nitrogen and oxygen atoms in total. The molecule has 0 unspecified atom stereocenters. The van der Waals surface area contributed by atoms with Crippen LogP contribution in [-0.4, -0.2) is 24.1 Å². The zero-order valence-corrected chi connectivity index (χ0v) is 5.18. The molecule has 50 valence electrons. The summed E-state index contributed by atoms with van der Waals surface area (Å²) in [5.41, 5.74) is 0.432. The second kappa shape index (κ2) is 2.19. The summed E-state index contributed by atoms with van der Waals surface area (Å²) < 4.78 is 4.71. The van der Waals surface area contributed by atoms with Crippen molar-refractivity contribution in [2.45, 2.75) is 6.92 Å². The van der Waals surface area contributed by atoms with Crippen molar-refractivity contribution < 1.29 is 14.6 Å². The van der Waals surface area contributed by atoms with E-state index in [1.165, 1.54) is 0 Å². The summed E-state index contributed by atoms with van der Waals surface area (Å²) in [6.45, 7) is 1.88. The Labute approximate surface area is 52.9 Å². The number of hydrogen-bond donors (Lipinski definition) is 1. The van der Waals surface area contributed by atoms with E-state index in [-0.39, 0.29) is 24.8 Å². The lowest BCUT2D eigenvalue weighted by atomic mass is 10.1. The Balaban J connectivity index is 2.84. The van der Waals surface area contributed by atoms with E-state index in [4.69, 9.17) is 9.84 Å². The number of carbonyl (C=O) groups is 1. The van der Waals surface area contributed by atoms with Crippen LogP contribution in [0, 0.1) is 0 Å². The Hall–Kier alpha value is -0.830. The number of ketones is 1. The molecule has 0 aromatic rings. The third-order valence-corrected chi connectivity index (χ3v) is 1.32. The largest absolute Gasteiger partial charge is 0.509 e. The molecule has 0 radical (unpaired) electrons. The van der Waals surface area contributed by atoms with E-state index in [1.54, 1.807) is 6.92 Å². The van der Waals surface area contributed by atoms with Gasteiger partial charge in [-0.3, -0.25) is 4.79 Å². The molecule has 9 heavy (non-hydrogen) atoms. The van der Waals surface area contributed by atoms with Crippen LogP contribution in [0.15, 0.2) is 11.3 Å². The number of hydrogen-bond acceptors (Lipinski definition) is 3. The van der Waals surface area contributed by atoms with E-state index < -0.39 is 0 Å². The SMILES string of the molecule is CC1=C(O)COCC1=O. The Bertz CT molecular complexity index is 169.